The second-order valence-electron chi connectivity index (χ2n) is 4.33. The summed E-state index contributed by atoms with van der Waals surface area (Å²) in [6, 6.07) is 2.08. The summed E-state index contributed by atoms with van der Waals surface area (Å²) in [5, 5.41) is 3.42. The smallest absolute Gasteiger partial charge is 0.147 e. The fraction of sp³-hybridized carbons (Fsp3) is 0.583. The van der Waals surface area contributed by atoms with Gasteiger partial charge in [-0.3, -0.25) is 0 Å². The molecule has 1 aromatic heterocycles. The Bertz CT molecular complexity index is 398. The van der Waals surface area contributed by atoms with Crippen molar-refractivity contribution in [3.05, 3.63) is 12.3 Å². The van der Waals surface area contributed by atoms with Crippen LogP contribution in [0, 0.1) is 0 Å². The van der Waals surface area contributed by atoms with E-state index in [1.54, 1.807) is 26.5 Å². The van der Waals surface area contributed by atoms with E-state index >= 15 is 0 Å². The average Bonchev–Trinajstić information content (AvgIpc) is 2.39. The van der Waals surface area contributed by atoms with E-state index in [9.17, 15) is 0 Å². The normalized spacial score (nSPS) is 19.9. The minimum absolute atomic E-state index is 0.325. The number of nitrogen functional groups attached to an aromatic ring is 1. The van der Waals surface area contributed by atoms with Crippen LogP contribution in [0.4, 0.5) is 11.5 Å². The number of hydrogen-bond donors (Lipinski definition) is 2. The van der Waals surface area contributed by atoms with E-state index in [2.05, 4.69) is 15.2 Å². The second-order valence-corrected chi connectivity index (χ2v) is 4.33. The minimum Gasteiger partial charge on any atom is -0.494 e. The Morgan fingerprint density at radius 3 is 3.11 bits per heavy atom. The molecule has 6 heteroatoms. The van der Waals surface area contributed by atoms with Gasteiger partial charge in [-0.1, -0.05) is 0 Å². The summed E-state index contributed by atoms with van der Waals surface area (Å²) in [6.07, 6.45) is 1.77. The minimum atomic E-state index is 0.325. The first-order valence-electron chi connectivity index (χ1n) is 6.01. The highest BCUT2D eigenvalue weighted by atomic mass is 16.5. The molecule has 100 valence electrons. The van der Waals surface area contributed by atoms with E-state index in [-0.39, 0.29) is 0 Å². The molecular formula is C12H20N4O2. The molecule has 0 spiro atoms. The Balaban J connectivity index is 2.15. The molecule has 6 nitrogen and oxygen atoms in total. The van der Waals surface area contributed by atoms with Gasteiger partial charge in [0.25, 0.3) is 0 Å². The molecule has 0 saturated carbocycles. The summed E-state index contributed by atoms with van der Waals surface area (Å²) in [5.74, 6) is 1.24. The number of ether oxygens (including phenoxy) is 2. The standard InChI is InChI=1S/C12H20N4O2/c1-17-8-9-7-16(4-3-14-9)10-6-15-12(13)5-11(10)18-2/h5-6,9,14H,3-4,7-8H2,1-2H3,(H2,13,15)/t9-/m1/s1. The Labute approximate surface area is 107 Å². The topological polar surface area (TPSA) is 72.6 Å². The van der Waals surface area contributed by atoms with E-state index in [0.29, 0.717) is 18.5 Å². The van der Waals surface area contributed by atoms with Crippen LogP contribution in [0.5, 0.6) is 5.75 Å². The number of anilines is 2. The first-order chi connectivity index (χ1) is 8.74. The zero-order valence-electron chi connectivity index (χ0n) is 10.8. The maximum atomic E-state index is 5.67. The highest BCUT2D eigenvalue weighted by Crippen LogP contribution is 2.29. The molecule has 1 atom stereocenters. The van der Waals surface area contributed by atoms with Gasteiger partial charge in [0, 0.05) is 38.9 Å². The molecule has 0 aliphatic carbocycles. The van der Waals surface area contributed by atoms with Gasteiger partial charge in [-0.25, -0.2) is 4.98 Å². The summed E-state index contributed by atoms with van der Waals surface area (Å²) in [5.41, 5.74) is 6.65. The van der Waals surface area contributed by atoms with Crippen molar-refractivity contribution in [1.82, 2.24) is 10.3 Å². The predicted molar refractivity (Wildman–Crippen MR) is 71.1 cm³/mol. The summed E-state index contributed by atoms with van der Waals surface area (Å²) in [7, 11) is 3.36. The Hall–Kier alpha value is -1.53. The van der Waals surface area contributed by atoms with Crippen molar-refractivity contribution in [2.24, 2.45) is 0 Å². The molecule has 1 fully saturated rings. The van der Waals surface area contributed by atoms with Gasteiger partial charge in [-0.05, 0) is 0 Å². The van der Waals surface area contributed by atoms with Crippen LogP contribution in [0.3, 0.4) is 0 Å². The molecular weight excluding hydrogens is 232 g/mol. The number of nitrogens with zero attached hydrogens (tertiary/aromatic N) is 2. The summed E-state index contributed by atoms with van der Waals surface area (Å²) < 4.78 is 10.5. The zero-order chi connectivity index (χ0) is 13.0. The van der Waals surface area contributed by atoms with Gasteiger partial charge < -0.3 is 25.4 Å². The number of hydrogen-bond acceptors (Lipinski definition) is 6. The van der Waals surface area contributed by atoms with E-state index in [1.807, 2.05) is 0 Å². The number of methoxy groups -OCH3 is 2. The van der Waals surface area contributed by atoms with Crippen LogP contribution in [0.15, 0.2) is 12.3 Å². The lowest BCUT2D eigenvalue weighted by Gasteiger charge is -2.35. The SMILES string of the molecule is COC[C@H]1CN(c2cnc(N)cc2OC)CCN1. The van der Waals surface area contributed by atoms with Crippen molar-refractivity contribution in [2.45, 2.75) is 6.04 Å². The molecule has 0 bridgehead atoms. The van der Waals surface area contributed by atoms with E-state index < -0.39 is 0 Å². The lowest BCUT2D eigenvalue weighted by Crippen LogP contribution is -2.52. The summed E-state index contributed by atoms with van der Waals surface area (Å²) in [4.78, 5) is 6.38. The van der Waals surface area contributed by atoms with Gasteiger partial charge in [0.15, 0.2) is 0 Å². The van der Waals surface area contributed by atoms with E-state index in [0.717, 1.165) is 31.1 Å². The molecule has 3 N–H and O–H groups in total. The average molecular weight is 252 g/mol. The van der Waals surface area contributed by atoms with Crippen molar-refractivity contribution in [1.29, 1.82) is 0 Å². The third-order valence-electron chi connectivity index (χ3n) is 3.05. The predicted octanol–water partition coefficient (Wildman–Crippen LogP) is 0.0970. The summed E-state index contributed by atoms with van der Waals surface area (Å²) >= 11 is 0. The van der Waals surface area contributed by atoms with Gasteiger partial charge in [0.2, 0.25) is 0 Å². The largest absolute Gasteiger partial charge is 0.494 e. The van der Waals surface area contributed by atoms with Crippen molar-refractivity contribution >= 4 is 11.5 Å². The van der Waals surface area contributed by atoms with Gasteiger partial charge in [0.05, 0.1) is 25.6 Å². The lowest BCUT2D eigenvalue weighted by molar-refractivity contribution is 0.163. The highest BCUT2D eigenvalue weighted by Gasteiger charge is 2.22. The zero-order valence-corrected chi connectivity index (χ0v) is 10.8. The number of aromatic nitrogens is 1. The Morgan fingerprint density at radius 1 is 1.56 bits per heavy atom. The van der Waals surface area contributed by atoms with Crippen LogP contribution in [-0.2, 0) is 4.74 Å². The van der Waals surface area contributed by atoms with Crippen molar-refractivity contribution < 1.29 is 9.47 Å². The quantitative estimate of drug-likeness (QED) is 0.791. The number of pyridine rings is 1. The number of piperazine rings is 1. The Morgan fingerprint density at radius 2 is 2.39 bits per heavy atom. The number of nitrogens with two attached hydrogens (primary N) is 1. The molecule has 0 amide bonds. The monoisotopic (exact) mass is 252 g/mol. The molecule has 1 aromatic rings. The summed E-state index contributed by atoms with van der Waals surface area (Å²) in [6.45, 7) is 3.40. The number of nitrogens with one attached hydrogen (secondary N) is 1. The first-order valence-corrected chi connectivity index (χ1v) is 6.01. The van der Waals surface area contributed by atoms with Crippen molar-refractivity contribution in [2.75, 3.05) is 51.1 Å². The molecule has 1 aliphatic rings. The maximum absolute atomic E-state index is 5.67. The molecule has 2 heterocycles. The lowest BCUT2D eigenvalue weighted by atomic mass is 10.2. The molecule has 0 unspecified atom stereocenters. The Kier molecular flexibility index (Phi) is 4.22. The fourth-order valence-electron chi connectivity index (χ4n) is 2.20. The van der Waals surface area contributed by atoms with Crippen molar-refractivity contribution in [3.63, 3.8) is 0 Å². The van der Waals surface area contributed by atoms with E-state index in [4.69, 9.17) is 15.2 Å². The third-order valence-corrected chi connectivity index (χ3v) is 3.05. The molecule has 1 aliphatic heterocycles. The van der Waals surface area contributed by atoms with Crippen LogP contribution in [-0.4, -0.2) is 51.5 Å². The van der Waals surface area contributed by atoms with Crippen LogP contribution in [0.25, 0.3) is 0 Å². The van der Waals surface area contributed by atoms with Crippen LogP contribution in [0.1, 0.15) is 0 Å². The van der Waals surface area contributed by atoms with Crippen LogP contribution in [0.2, 0.25) is 0 Å². The van der Waals surface area contributed by atoms with Gasteiger partial charge in [-0.2, -0.15) is 0 Å². The van der Waals surface area contributed by atoms with Crippen LogP contribution >= 0.6 is 0 Å². The molecule has 2 rings (SSSR count). The van der Waals surface area contributed by atoms with Gasteiger partial charge in [-0.15, -0.1) is 0 Å². The third kappa shape index (κ3) is 2.83. The van der Waals surface area contributed by atoms with Gasteiger partial charge in [0.1, 0.15) is 11.6 Å². The fourth-order valence-corrected chi connectivity index (χ4v) is 2.20. The maximum Gasteiger partial charge on any atom is 0.147 e. The van der Waals surface area contributed by atoms with E-state index in [1.165, 1.54) is 0 Å². The number of rotatable bonds is 4. The molecule has 0 radical (unpaired) electrons. The van der Waals surface area contributed by atoms with Gasteiger partial charge >= 0.3 is 0 Å². The van der Waals surface area contributed by atoms with Crippen LogP contribution < -0.4 is 20.7 Å². The molecule has 18 heavy (non-hydrogen) atoms. The van der Waals surface area contributed by atoms with Crippen molar-refractivity contribution in [3.8, 4) is 5.75 Å². The molecule has 1 saturated heterocycles. The molecule has 0 aromatic carbocycles. The first kappa shape index (κ1) is 12.9. The second kappa shape index (κ2) is 5.88. The highest BCUT2D eigenvalue weighted by molar-refractivity contribution is 5.60.